The summed E-state index contributed by atoms with van der Waals surface area (Å²) in [5, 5.41) is 5.84. The molecule has 2 amide bonds. The van der Waals surface area contributed by atoms with Crippen molar-refractivity contribution in [3.8, 4) is 0 Å². The van der Waals surface area contributed by atoms with Gasteiger partial charge in [-0.25, -0.2) is 4.79 Å². The smallest absolute Gasteiger partial charge is 0.319 e. The first kappa shape index (κ1) is 17.3. The van der Waals surface area contributed by atoms with Gasteiger partial charge in [0.15, 0.2) is 0 Å². The molecule has 0 aliphatic rings. The summed E-state index contributed by atoms with van der Waals surface area (Å²) in [6.45, 7) is 5.13. The highest BCUT2D eigenvalue weighted by Crippen LogP contribution is 2.15. The zero-order valence-electron chi connectivity index (χ0n) is 13.8. The van der Waals surface area contributed by atoms with E-state index in [4.69, 9.17) is 0 Å². The largest absolute Gasteiger partial charge is 0.378 e. The molecular weight excluding hydrogens is 262 g/mol. The Bertz CT molecular complexity index is 415. The molecular formula is C17H29N3O. The zero-order valence-corrected chi connectivity index (χ0v) is 13.8. The summed E-state index contributed by atoms with van der Waals surface area (Å²) in [5.41, 5.74) is 1.94. The highest BCUT2D eigenvalue weighted by atomic mass is 16.2. The Hall–Kier alpha value is -1.71. The number of nitrogens with zero attached hydrogens (tertiary/aromatic N) is 1. The second-order valence-corrected chi connectivity index (χ2v) is 5.69. The second-order valence-electron chi connectivity index (χ2n) is 5.69. The molecule has 0 fully saturated rings. The molecule has 1 atom stereocenters. The average molecular weight is 291 g/mol. The van der Waals surface area contributed by atoms with Crippen LogP contribution in [0.2, 0.25) is 0 Å². The number of benzene rings is 1. The van der Waals surface area contributed by atoms with E-state index in [2.05, 4.69) is 24.5 Å². The van der Waals surface area contributed by atoms with Gasteiger partial charge in [0.25, 0.3) is 0 Å². The van der Waals surface area contributed by atoms with Gasteiger partial charge < -0.3 is 15.5 Å². The van der Waals surface area contributed by atoms with Gasteiger partial charge in [0.2, 0.25) is 0 Å². The highest BCUT2D eigenvalue weighted by Gasteiger charge is 2.08. The molecule has 21 heavy (non-hydrogen) atoms. The summed E-state index contributed by atoms with van der Waals surface area (Å²) in [5.74, 6) is 0.576. The minimum absolute atomic E-state index is 0.123. The number of rotatable bonds is 8. The van der Waals surface area contributed by atoms with Gasteiger partial charge in [-0.05, 0) is 36.6 Å². The predicted octanol–water partition coefficient (Wildman–Crippen LogP) is 4.09. The Morgan fingerprint density at radius 3 is 2.38 bits per heavy atom. The first-order valence-electron chi connectivity index (χ1n) is 7.89. The number of urea groups is 1. The summed E-state index contributed by atoms with van der Waals surface area (Å²) < 4.78 is 0. The van der Waals surface area contributed by atoms with Crippen molar-refractivity contribution in [1.29, 1.82) is 0 Å². The molecule has 0 heterocycles. The van der Waals surface area contributed by atoms with E-state index in [9.17, 15) is 4.79 Å². The molecule has 4 nitrogen and oxygen atoms in total. The van der Waals surface area contributed by atoms with E-state index in [1.54, 1.807) is 0 Å². The maximum absolute atomic E-state index is 11.9. The van der Waals surface area contributed by atoms with Crippen molar-refractivity contribution in [3.63, 3.8) is 0 Å². The molecule has 0 aliphatic carbocycles. The number of anilines is 2. The standard InChI is InChI=1S/C17H29N3O/c1-5-7-8-14(6-2)13-18-17(21)19-15-9-11-16(12-10-15)20(3)4/h9-12,14H,5-8,13H2,1-4H3,(H2,18,19,21). The van der Waals surface area contributed by atoms with E-state index >= 15 is 0 Å². The normalized spacial score (nSPS) is 11.8. The van der Waals surface area contributed by atoms with Gasteiger partial charge in [0.1, 0.15) is 0 Å². The molecule has 0 aromatic heterocycles. The number of carbonyl (C=O) groups is 1. The Balaban J connectivity index is 2.39. The lowest BCUT2D eigenvalue weighted by Crippen LogP contribution is -2.33. The minimum atomic E-state index is -0.123. The van der Waals surface area contributed by atoms with E-state index in [1.807, 2.05) is 43.3 Å². The monoisotopic (exact) mass is 291 g/mol. The van der Waals surface area contributed by atoms with Crippen LogP contribution >= 0.6 is 0 Å². The lowest BCUT2D eigenvalue weighted by molar-refractivity contribution is 0.249. The molecule has 0 bridgehead atoms. The predicted molar refractivity (Wildman–Crippen MR) is 91.1 cm³/mol. The van der Waals surface area contributed by atoms with Crippen LogP contribution in [0, 0.1) is 5.92 Å². The van der Waals surface area contributed by atoms with Crippen molar-refractivity contribution >= 4 is 17.4 Å². The Kier molecular flexibility index (Phi) is 7.65. The Morgan fingerprint density at radius 2 is 1.86 bits per heavy atom. The SMILES string of the molecule is CCCCC(CC)CNC(=O)Nc1ccc(N(C)C)cc1. The fourth-order valence-corrected chi connectivity index (χ4v) is 2.20. The summed E-state index contributed by atoms with van der Waals surface area (Å²) in [4.78, 5) is 13.9. The molecule has 1 aromatic rings. The molecule has 0 radical (unpaired) electrons. The van der Waals surface area contributed by atoms with Crippen LogP contribution in [-0.4, -0.2) is 26.7 Å². The zero-order chi connectivity index (χ0) is 15.7. The highest BCUT2D eigenvalue weighted by molar-refractivity contribution is 5.89. The van der Waals surface area contributed by atoms with Gasteiger partial charge in [-0.1, -0.05) is 33.1 Å². The maximum atomic E-state index is 11.9. The van der Waals surface area contributed by atoms with Crippen LogP contribution in [0.4, 0.5) is 16.2 Å². The third kappa shape index (κ3) is 6.52. The van der Waals surface area contributed by atoms with Gasteiger partial charge in [0.05, 0.1) is 0 Å². The maximum Gasteiger partial charge on any atom is 0.319 e. The van der Waals surface area contributed by atoms with Crippen molar-refractivity contribution in [2.24, 2.45) is 5.92 Å². The third-order valence-electron chi connectivity index (χ3n) is 3.74. The van der Waals surface area contributed by atoms with Crippen LogP contribution in [-0.2, 0) is 0 Å². The van der Waals surface area contributed by atoms with Gasteiger partial charge >= 0.3 is 6.03 Å². The summed E-state index contributed by atoms with van der Waals surface area (Å²) in [6.07, 6.45) is 4.73. The quantitative estimate of drug-likeness (QED) is 0.757. The number of hydrogen-bond donors (Lipinski definition) is 2. The van der Waals surface area contributed by atoms with Gasteiger partial charge in [-0.15, -0.1) is 0 Å². The van der Waals surface area contributed by atoms with Crippen molar-refractivity contribution in [2.45, 2.75) is 39.5 Å². The Morgan fingerprint density at radius 1 is 1.19 bits per heavy atom. The van der Waals surface area contributed by atoms with Crippen molar-refractivity contribution in [2.75, 3.05) is 30.9 Å². The first-order chi connectivity index (χ1) is 10.1. The van der Waals surface area contributed by atoms with E-state index in [-0.39, 0.29) is 6.03 Å². The van der Waals surface area contributed by atoms with E-state index in [0.717, 1.165) is 24.3 Å². The van der Waals surface area contributed by atoms with E-state index < -0.39 is 0 Å². The van der Waals surface area contributed by atoms with Crippen molar-refractivity contribution in [3.05, 3.63) is 24.3 Å². The number of amides is 2. The van der Waals surface area contributed by atoms with Crippen molar-refractivity contribution < 1.29 is 4.79 Å². The van der Waals surface area contributed by atoms with Crippen LogP contribution in [0.25, 0.3) is 0 Å². The summed E-state index contributed by atoms with van der Waals surface area (Å²) in [7, 11) is 3.99. The Labute approximate surface area is 128 Å². The number of carbonyl (C=O) groups excluding carboxylic acids is 1. The molecule has 0 saturated carbocycles. The molecule has 1 rings (SSSR count). The van der Waals surface area contributed by atoms with Gasteiger partial charge in [-0.2, -0.15) is 0 Å². The molecule has 0 spiro atoms. The van der Waals surface area contributed by atoms with Gasteiger partial charge in [-0.3, -0.25) is 0 Å². The number of unbranched alkanes of at least 4 members (excludes halogenated alkanes) is 1. The summed E-state index contributed by atoms with van der Waals surface area (Å²) >= 11 is 0. The molecule has 2 N–H and O–H groups in total. The number of hydrogen-bond acceptors (Lipinski definition) is 2. The molecule has 4 heteroatoms. The molecule has 1 aromatic carbocycles. The van der Waals surface area contributed by atoms with Crippen LogP contribution in [0.15, 0.2) is 24.3 Å². The average Bonchev–Trinajstić information content (AvgIpc) is 2.48. The lowest BCUT2D eigenvalue weighted by atomic mass is 9.99. The molecule has 118 valence electrons. The van der Waals surface area contributed by atoms with Crippen LogP contribution in [0.1, 0.15) is 39.5 Å². The van der Waals surface area contributed by atoms with Crippen LogP contribution in [0.3, 0.4) is 0 Å². The second kappa shape index (κ2) is 9.27. The fourth-order valence-electron chi connectivity index (χ4n) is 2.20. The molecule has 1 unspecified atom stereocenters. The fraction of sp³-hybridized carbons (Fsp3) is 0.588. The van der Waals surface area contributed by atoms with E-state index in [0.29, 0.717) is 5.92 Å². The molecule has 0 saturated heterocycles. The number of nitrogens with one attached hydrogen (secondary N) is 2. The minimum Gasteiger partial charge on any atom is -0.378 e. The van der Waals surface area contributed by atoms with Crippen LogP contribution in [0.5, 0.6) is 0 Å². The lowest BCUT2D eigenvalue weighted by Gasteiger charge is -2.16. The van der Waals surface area contributed by atoms with Crippen LogP contribution < -0.4 is 15.5 Å². The van der Waals surface area contributed by atoms with Crippen molar-refractivity contribution in [1.82, 2.24) is 5.32 Å². The van der Waals surface area contributed by atoms with E-state index in [1.165, 1.54) is 19.3 Å². The third-order valence-corrected chi connectivity index (χ3v) is 3.74. The van der Waals surface area contributed by atoms with Gasteiger partial charge in [0, 0.05) is 32.0 Å². The topological polar surface area (TPSA) is 44.4 Å². The first-order valence-corrected chi connectivity index (χ1v) is 7.89. The summed E-state index contributed by atoms with van der Waals surface area (Å²) in [6, 6.07) is 7.70. The molecule has 0 aliphatic heterocycles.